The highest BCUT2D eigenvalue weighted by Crippen LogP contribution is 2.41. The lowest BCUT2D eigenvalue weighted by Crippen LogP contribution is -2.49. The number of rotatable bonds is 2. The molecule has 0 N–H and O–H groups in total. The summed E-state index contributed by atoms with van der Waals surface area (Å²) in [5.41, 5.74) is 0.433. The fraction of sp³-hybridized carbons (Fsp3) is 0.500. The van der Waals surface area contributed by atoms with Crippen molar-refractivity contribution in [3.63, 3.8) is 0 Å². The standard InChI is InChI=1S/C16H20N2O3/c1-16(2)9-4-10-17-13(16)14(19)18(15(17)20)11-5-7-12(21-3)8-6-11/h5-8,13H,4,9-10H2,1-3H3. The predicted octanol–water partition coefficient (Wildman–Crippen LogP) is 2.65. The number of fused-ring (bicyclic) bond motifs is 1. The summed E-state index contributed by atoms with van der Waals surface area (Å²) in [6.45, 7) is 4.78. The van der Waals surface area contributed by atoms with Crippen LogP contribution in [0.5, 0.6) is 5.75 Å². The highest BCUT2D eigenvalue weighted by Gasteiger charge is 2.53. The third kappa shape index (κ3) is 2.07. The molecule has 0 spiro atoms. The van der Waals surface area contributed by atoms with Crippen LogP contribution < -0.4 is 9.64 Å². The van der Waals surface area contributed by atoms with Gasteiger partial charge in [0.05, 0.1) is 12.8 Å². The molecule has 112 valence electrons. The number of imide groups is 1. The summed E-state index contributed by atoms with van der Waals surface area (Å²) in [4.78, 5) is 28.4. The van der Waals surface area contributed by atoms with E-state index in [-0.39, 0.29) is 23.4 Å². The van der Waals surface area contributed by atoms with Crippen LogP contribution in [0.2, 0.25) is 0 Å². The Labute approximate surface area is 124 Å². The van der Waals surface area contributed by atoms with E-state index >= 15 is 0 Å². The fourth-order valence-electron chi connectivity index (χ4n) is 3.38. The summed E-state index contributed by atoms with van der Waals surface area (Å²) in [5, 5.41) is 0. The van der Waals surface area contributed by atoms with Crippen LogP contribution in [0.1, 0.15) is 26.7 Å². The molecule has 2 saturated heterocycles. The number of benzene rings is 1. The molecule has 0 aromatic heterocycles. The molecular weight excluding hydrogens is 268 g/mol. The van der Waals surface area contributed by atoms with Gasteiger partial charge in [-0.15, -0.1) is 0 Å². The number of amides is 3. The molecule has 0 bridgehead atoms. The number of urea groups is 1. The van der Waals surface area contributed by atoms with Crippen molar-refractivity contribution in [1.29, 1.82) is 0 Å². The second-order valence-electron chi connectivity index (χ2n) is 6.34. The zero-order chi connectivity index (χ0) is 15.2. The van der Waals surface area contributed by atoms with E-state index < -0.39 is 0 Å². The predicted molar refractivity (Wildman–Crippen MR) is 79.4 cm³/mol. The van der Waals surface area contributed by atoms with Crippen LogP contribution in [0, 0.1) is 5.41 Å². The maximum Gasteiger partial charge on any atom is 0.332 e. The Bertz CT molecular complexity index is 580. The minimum Gasteiger partial charge on any atom is -0.497 e. The van der Waals surface area contributed by atoms with Crippen molar-refractivity contribution in [3.05, 3.63) is 24.3 Å². The molecule has 2 aliphatic rings. The van der Waals surface area contributed by atoms with Gasteiger partial charge in [0.2, 0.25) is 0 Å². The molecule has 1 unspecified atom stereocenters. The van der Waals surface area contributed by atoms with Crippen molar-refractivity contribution in [3.8, 4) is 5.75 Å². The highest BCUT2D eigenvalue weighted by atomic mass is 16.5. The van der Waals surface area contributed by atoms with Gasteiger partial charge < -0.3 is 9.64 Å². The largest absolute Gasteiger partial charge is 0.497 e. The summed E-state index contributed by atoms with van der Waals surface area (Å²) in [6.07, 6.45) is 1.91. The van der Waals surface area contributed by atoms with Crippen LogP contribution in [0.25, 0.3) is 0 Å². The summed E-state index contributed by atoms with van der Waals surface area (Å²) >= 11 is 0. The lowest BCUT2D eigenvalue weighted by Gasteiger charge is -2.39. The van der Waals surface area contributed by atoms with Gasteiger partial charge in [0.25, 0.3) is 5.91 Å². The van der Waals surface area contributed by atoms with Gasteiger partial charge in [0.15, 0.2) is 0 Å². The molecule has 3 amide bonds. The fourth-order valence-corrected chi connectivity index (χ4v) is 3.38. The molecule has 2 heterocycles. The number of anilines is 1. The second kappa shape index (κ2) is 4.76. The van der Waals surface area contributed by atoms with Gasteiger partial charge in [-0.05, 0) is 42.5 Å². The minimum absolute atomic E-state index is 0.116. The van der Waals surface area contributed by atoms with Gasteiger partial charge in [0.1, 0.15) is 11.8 Å². The molecule has 3 rings (SSSR count). The maximum atomic E-state index is 12.8. The number of carbonyl (C=O) groups excluding carboxylic acids is 2. The zero-order valence-electron chi connectivity index (χ0n) is 12.6. The quantitative estimate of drug-likeness (QED) is 0.786. The first kappa shape index (κ1) is 13.9. The van der Waals surface area contributed by atoms with Gasteiger partial charge in [-0.2, -0.15) is 0 Å². The summed E-state index contributed by atoms with van der Waals surface area (Å²) in [6, 6.07) is 6.47. The third-order valence-electron chi connectivity index (χ3n) is 4.49. The average molecular weight is 288 g/mol. The Morgan fingerprint density at radius 3 is 2.43 bits per heavy atom. The van der Waals surface area contributed by atoms with Crippen LogP contribution >= 0.6 is 0 Å². The van der Waals surface area contributed by atoms with Gasteiger partial charge in [-0.25, -0.2) is 9.69 Å². The molecular formula is C16H20N2O3. The molecule has 5 nitrogen and oxygen atoms in total. The number of hydrogen-bond acceptors (Lipinski definition) is 3. The lowest BCUT2D eigenvalue weighted by atomic mass is 9.77. The Hall–Kier alpha value is -2.04. The van der Waals surface area contributed by atoms with Crippen molar-refractivity contribution in [2.45, 2.75) is 32.7 Å². The lowest BCUT2D eigenvalue weighted by molar-refractivity contribution is -0.124. The molecule has 1 aromatic carbocycles. The SMILES string of the molecule is COc1ccc(N2C(=O)C3N(CCCC3(C)C)C2=O)cc1. The Morgan fingerprint density at radius 2 is 1.86 bits per heavy atom. The average Bonchev–Trinajstić information content (AvgIpc) is 2.72. The third-order valence-corrected chi connectivity index (χ3v) is 4.49. The Morgan fingerprint density at radius 1 is 1.19 bits per heavy atom. The van der Waals surface area contributed by atoms with Gasteiger partial charge >= 0.3 is 6.03 Å². The molecule has 0 aliphatic carbocycles. The van der Waals surface area contributed by atoms with Crippen molar-refractivity contribution in [2.75, 3.05) is 18.6 Å². The molecule has 2 fully saturated rings. The smallest absolute Gasteiger partial charge is 0.332 e. The van der Waals surface area contributed by atoms with E-state index in [1.807, 2.05) is 0 Å². The monoisotopic (exact) mass is 288 g/mol. The molecule has 2 aliphatic heterocycles. The molecule has 21 heavy (non-hydrogen) atoms. The summed E-state index contributed by atoms with van der Waals surface area (Å²) in [7, 11) is 1.59. The first-order valence-electron chi connectivity index (χ1n) is 7.24. The van der Waals surface area contributed by atoms with Crippen molar-refractivity contribution in [1.82, 2.24) is 4.90 Å². The number of ether oxygens (including phenoxy) is 1. The first-order chi connectivity index (χ1) is 9.95. The molecule has 0 radical (unpaired) electrons. The Kier molecular flexibility index (Phi) is 3.15. The van der Waals surface area contributed by atoms with Crippen LogP contribution in [0.3, 0.4) is 0 Å². The van der Waals surface area contributed by atoms with Gasteiger partial charge in [-0.1, -0.05) is 13.8 Å². The van der Waals surface area contributed by atoms with Crippen LogP contribution in [0.4, 0.5) is 10.5 Å². The van der Waals surface area contributed by atoms with Crippen LogP contribution in [-0.2, 0) is 4.79 Å². The summed E-state index contributed by atoms with van der Waals surface area (Å²) < 4.78 is 5.11. The first-order valence-corrected chi connectivity index (χ1v) is 7.24. The minimum atomic E-state index is -0.346. The molecule has 1 aromatic rings. The van der Waals surface area contributed by atoms with E-state index in [9.17, 15) is 9.59 Å². The van der Waals surface area contributed by atoms with E-state index in [1.165, 1.54) is 4.90 Å². The van der Waals surface area contributed by atoms with Crippen molar-refractivity contribution >= 4 is 17.6 Å². The van der Waals surface area contributed by atoms with Gasteiger partial charge in [0, 0.05) is 6.54 Å². The normalized spacial score (nSPS) is 24.2. The number of methoxy groups -OCH3 is 1. The molecule has 1 atom stereocenters. The van der Waals surface area contributed by atoms with Crippen molar-refractivity contribution < 1.29 is 14.3 Å². The maximum absolute atomic E-state index is 12.8. The van der Waals surface area contributed by atoms with E-state index in [4.69, 9.17) is 4.74 Å². The number of piperidine rings is 1. The number of carbonyl (C=O) groups is 2. The molecule has 0 saturated carbocycles. The van der Waals surface area contributed by atoms with E-state index in [1.54, 1.807) is 36.3 Å². The van der Waals surface area contributed by atoms with E-state index in [0.717, 1.165) is 12.8 Å². The van der Waals surface area contributed by atoms with Crippen LogP contribution in [0.15, 0.2) is 24.3 Å². The number of hydrogen-bond donors (Lipinski definition) is 0. The van der Waals surface area contributed by atoms with E-state index in [0.29, 0.717) is 18.0 Å². The second-order valence-corrected chi connectivity index (χ2v) is 6.34. The highest BCUT2D eigenvalue weighted by molar-refractivity contribution is 6.21. The van der Waals surface area contributed by atoms with Crippen molar-refractivity contribution in [2.24, 2.45) is 5.41 Å². The zero-order valence-corrected chi connectivity index (χ0v) is 12.6. The van der Waals surface area contributed by atoms with Crippen LogP contribution in [-0.4, -0.2) is 36.5 Å². The topological polar surface area (TPSA) is 49.9 Å². The summed E-state index contributed by atoms with van der Waals surface area (Å²) in [5.74, 6) is 0.589. The van der Waals surface area contributed by atoms with Gasteiger partial charge in [-0.3, -0.25) is 4.79 Å². The Balaban J connectivity index is 1.96. The number of nitrogens with zero attached hydrogens (tertiary/aromatic N) is 2. The van der Waals surface area contributed by atoms with E-state index in [2.05, 4.69) is 13.8 Å². The molecule has 5 heteroatoms.